The molecule has 5 amide bonds. The first-order valence-corrected chi connectivity index (χ1v) is 8.52. The summed E-state index contributed by atoms with van der Waals surface area (Å²) in [6.07, 6.45) is 2.04. The van der Waals surface area contributed by atoms with Crippen LogP contribution in [0.5, 0.6) is 0 Å². The van der Waals surface area contributed by atoms with Crippen LogP contribution in [0.2, 0.25) is 0 Å². The standard InChI is InChI=1S/C18H23N3O4/c1-4-10-20-16(23)17(24)21(18(20)25)11-14(22)19-15-12(5-2)8-7-9-13(15)6-3/h7-9H,4-6,10-11H2,1-3H3,(H,19,22). The topological polar surface area (TPSA) is 86.8 Å². The van der Waals surface area contributed by atoms with E-state index in [0.29, 0.717) is 17.0 Å². The molecule has 0 saturated carbocycles. The first-order chi connectivity index (χ1) is 11.9. The molecule has 1 N–H and O–H groups in total. The Morgan fingerprint density at radius 3 is 2.04 bits per heavy atom. The third-order valence-electron chi connectivity index (χ3n) is 4.15. The van der Waals surface area contributed by atoms with Crippen LogP contribution in [0.25, 0.3) is 0 Å². The summed E-state index contributed by atoms with van der Waals surface area (Å²) in [7, 11) is 0. The van der Waals surface area contributed by atoms with Crippen molar-refractivity contribution in [1.82, 2.24) is 9.80 Å². The Kier molecular flexibility index (Phi) is 5.90. The molecular weight excluding hydrogens is 322 g/mol. The number of para-hydroxylation sites is 1. The highest BCUT2D eigenvalue weighted by molar-refractivity contribution is 6.45. The van der Waals surface area contributed by atoms with E-state index in [1.165, 1.54) is 0 Å². The SMILES string of the molecule is CCCN1C(=O)C(=O)N(CC(=O)Nc2c(CC)cccc2CC)C1=O. The molecule has 1 saturated heterocycles. The van der Waals surface area contributed by atoms with Crippen LogP contribution in [0.1, 0.15) is 38.3 Å². The van der Waals surface area contributed by atoms with Crippen LogP contribution in [0.3, 0.4) is 0 Å². The van der Waals surface area contributed by atoms with E-state index in [9.17, 15) is 19.2 Å². The van der Waals surface area contributed by atoms with Crippen molar-refractivity contribution < 1.29 is 19.2 Å². The highest BCUT2D eigenvalue weighted by Gasteiger charge is 2.44. The smallest absolute Gasteiger partial charge is 0.324 e. The Balaban J connectivity index is 2.15. The van der Waals surface area contributed by atoms with E-state index in [1.54, 1.807) is 6.92 Å². The lowest BCUT2D eigenvalue weighted by molar-refractivity contribution is -0.143. The Hall–Kier alpha value is -2.70. The number of hydrogen-bond donors (Lipinski definition) is 1. The summed E-state index contributed by atoms with van der Waals surface area (Å²) >= 11 is 0. The number of aryl methyl sites for hydroxylation is 2. The second-order valence-corrected chi connectivity index (χ2v) is 5.84. The highest BCUT2D eigenvalue weighted by atomic mass is 16.2. The van der Waals surface area contributed by atoms with Gasteiger partial charge in [-0.1, -0.05) is 39.0 Å². The number of nitrogens with one attached hydrogen (secondary N) is 1. The zero-order valence-electron chi connectivity index (χ0n) is 14.8. The largest absolute Gasteiger partial charge is 0.334 e. The van der Waals surface area contributed by atoms with Crippen LogP contribution in [-0.2, 0) is 27.2 Å². The van der Waals surface area contributed by atoms with Gasteiger partial charge in [-0.25, -0.2) is 9.69 Å². The highest BCUT2D eigenvalue weighted by Crippen LogP contribution is 2.23. The van der Waals surface area contributed by atoms with Crippen molar-refractivity contribution in [3.05, 3.63) is 29.3 Å². The van der Waals surface area contributed by atoms with E-state index in [-0.39, 0.29) is 6.54 Å². The number of anilines is 1. The molecule has 0 atom stereocenters. The van der Waals surface area contributed by atoms with Gasteiger partial charge in [-0.3, -0.25) is 19.3 Å². The number of hydrogen-bond acceptors (Lipinski definition) is 4. The van der Waals surface area contributed by atoms with E-state index in [4.69, 9.17) is 0 Å². The van der Waals surface area contributed by atoms with Gasteiger partial charge in [0.1, 0.15) is 6.54 Å². The molecule has 25 heavy (non-hydrogen) atoms. The van der Waals surface area contributed by atoms with Gasteiger partial charge in [0.25, 0.3) is 0 Å². The average Bonchev–Trinajstić information content (AvgIpc) is 2.80. The maximum absolute atomic E-state index is 12.4. The monoisotopic (exact) mass is 345 g/mol. The number of carbonyl (C=O) groups is 4. The maximum Gasteiger partial charge on any atom is 0.334 e. The Morgan fingerprint density at radius 2 is 1.52 bits per heavy atom. The minimum Gasteiger partial charge on any atom is -0.324 e. The van der Waals surface area contributed by atoms with E-state index >= 15 is 0 Å². The summed E-state index contributed by atoms with van der Waals surface area (Å²) in [5.74, 6) is -2.32. The summed E-state index contributed by atoms with van der Waals surface area (Å²) in [5.41, 5.74) is 2.68. The molecule has 1 aliphatic heterocycles. The van der Waals surface area contributed by atoms with E-state index in [1.807, 2.05) is 32.0 Å². The van der Waals surface area contributed by atoms with Crippen molar-refractivity contribution in [3.8, 4) is 0 Å². The van der Waals surface area contributed by atoms with Gasteiger partial charge < -0.3 is 5.32 Å². The number of imide groups is 2. The molecule has 0 unspecified atom stereocenters. The van der Waals surface area contributed by atoms with Gasteiger partial charge >= 0.3 is 17.8 Å². The fourth-order valence-corrected chi connectivity index (χ4v) is 2.84. The van der Waals surface area contributed by atoms with Crippen molar-refractivity contribution in [2.24, 2.45) is 0 Å². The second-order valence-electron chi connectivity index (χ2n) is 5.84. The molecule has 1 heterocycles. The van der Waals surface area contributed by atoms with Crippen molar-refractivity contribution in [3.63, 3.8) is 0 Å². The fourth-order valence-electron chi connectivity index (χ4n) is 2.84. The summed E-state index contributed by atoms with van der Waals surface area (Å²) in [6.45, 7) is 5.47. The van der Waals surface area contributed by atoms with Gasteiger partial charge in [0, 0.05) is 12.2 Å². The average molecular weight is 345 g/mol. The van der Waals surface area contributed by atoms with Crippen molar-refractivity contribution >= 4 is 29.4 Å². The van der Waals surface area contributed by atoms with Gasteiger partial charge in [0.05, 0.1) is 0 Å². The normalized spacial score (nSPS) is 14.4. The fraction of sp³-hybridized carbons (Fsp3) is 0.444. The lowest BCUT2D eigenvalue weighted by Crippen LogP contribution is -2.39. The molecule has 134 valence electrons. The summed E-state index contributed by atoms with van der Waals surface area (Å²) in [5, 5.41) is 2.80. The number of carbonyl (C=O) groups excluding carboxylic acids is 4. The molecule has 1 aromatic rings. The molecule has 7 heteroatoms. The molecule has 1 aromatic carbocycles. The van der Waals surface area contributed by atoms with E-state index in [2.05, 4.69) is 5.32 Å². The number of amides is 5. The molecule has 1 fully saturated rings. The van der Waals surface area contributed by atoms with E-state index < -0.39 is 30.3 Å². The molecule has 0 spiro atoms. The van der Waals surface area contributed by atoms with Crippen LogP contribution >= 0.6 is 0 Å². The Labute approximate surface area is 147 Å². The van der Waals surface area contributed by atoms with Crippen LogP contribution < -0.4 is 5.32 Å². The number of nitrogens with zero attached hydrogens (tertiary/aromatic N) is 2. The predicted octanol–water partition coefficient (Wildman–Crippen LogP) is 1.95. The lowest BCUT2D eigenvalue weighted by Gasteiger charge is -2.17. The van der Waals surface area contributed by atoms with Gasteiger partial charge in [-0.2, -0.15) is 0 Å². The first-order valence-electron chi connectivity index (χ1n) is 8.52. The second kappa shape index (κ2) is 7.92. The van der Waals surface area contributed by atoms with Crippen LogP contribution in [0.15, 0.2) is 18.2 Å². The number of rotatable bonds is 7. The number of urea groups is 1. The lowest BCUT2D eigenvalue weighted by atomic mass is 10.0. The Bertz CT molecular complexity index is 692. The molecule has 0 radical (unpaired) electrons. The summed E-state index contributed by atoms with van der Waals surface area (Å²) in [6, 6.07) is 5.05. The molecule has 1 aliphatic rings. The van der Waals surface area contributed by atoms with Gasteiger partial charge in [-0.15, -0.1) is 0 Å². The summed E-state index contributed by atoms with van der Waals surface area (Å²) in [4.78, 5) is 50.0. The molecular formula is C18H23N3O4. The van der Waals surface area contributed by atoms with Crippen molar-refractivity contribution in [1.29, 1.82) is 0 Å². The minimum atomic E-state index is -0.951. The molecule has 7 nitrogen and oxygen atoms in total. The molecule has 0 aliphatic carbocycles. The third kappa shape index (κ3) is 3.70. The van der Waals surface area contributed by atoms with Crippen LogP contribution in [0, 0.1) is 0 Å². The van der Waals surface area contributed by atoms with E-state index in [0.717, 1.165) is 28.9 Å². The van der Waals surface area contributed by atoms with Crippen LogP contribution in [0.4, 0.5) is 10.5 Å². The van der Waals surface area contributed by atoms with Gasteiger partial charge in [0.15, 0.2) is 0 Å². The van der Waals surface area contributed by atoms with Crippen molar-refractivity contribution in [2.75, 3.05) is 18.4 Å². The first kappa shape index (κ1) is 18.6. The maximum atomic E-state index is 12.4. The molecule has 0 bridgehead atoms. The quantitative estimate of drug-likeness (QED) is 0.604. The zero-order chi connectivity index (χ0) is 18.6. The molecule has 0 aromatic heterocycles. The van der Waals surface area contributed by atoms with Gasteiger partial charge in [-0.05, 0) is 30.4 Å². The van der Waals surface area contributed by atoms with Crippen molar-refractivity contribution in [2.45, 2.75) is 40.0 Å². The van der Waals surface area contributed by atoms with Crippen LogP contribution in [-0.4, -0.2) is 46.6 Å². The molecule has 2 rings (SSSR count). The minimum absolute atomic E-state index is 0.167. The van der Waals surface area contributed by atoms with Gasteiger partial charge in [0.2, 0.25) is 5.91 Å². The predicted molar refractivity (Wildman–Crippen MR) is 92.9 cm³/mol. The summed E-state index contributed by atoms with van der Waals surface area (Å²) < 4.78 is 0. The third-order valence-corrected chi connectivity index (χ3v) is 4.15. The Morgan fingerprint density at radius 1 is 0.960 bits per heavy atom. The number of benzene rings is 1. The zero-order valence-corrected chi connectivity index (χ0v) is 14.8.